The van der Waals surface area contributed by atoms with Crippen molar-refractivity contribution in [3.8, 4) is 0 Å². The average Bonchev–Trinajstić information content (AvgIpc) is 3.08. The van der Waals surface area contributed by atoms with Gasteiger partial charge < -0.3 is 10.6 Å². The van der Waals surface area contributed by atoms with Crippen LogP contribution in [0.2, 0.25) is 0 Å². The van der Waals surface area contributed by atoms with Crippen molar-refractivity contribution in [2.24, 2.45) is 0 Å². The Balaban J connectivity index is 1.58. The summed E-state index contributed by atoms with van der Waals surface area (Å²) in [6, 6.07) is 16.5. The molecule has 2 aromatic heterocycles. The molecule has 156 valence electrons. The SMILES string of the molecule is Cc1cccc(NC(=O)Cn2cnc3sc(C(=O)Nc4ccccc4)c(C)c3c2=O)c1. The van der Waals surface area contributed by atoms with Crippen LogP contribution in [-0.2, 0) is 11.3 Å². The lowest BCUT2D eigenvalue weighted by Crippen LogP contribution is -2.28. The van der Waals surface area contributed by atoms with Gasteiger partial charge >= 0.3 is 0 Å². The van der Waals surface area contributed by atoms with Crippen LogP contribution < -0.4 is 16.2 Å². The Kier molecular flexibility index (Phi) is 5.64. The fraction of sp³-hybridized carbons (Fsp3) is 0.130. The molecule has 2 N–H and O–H groups in total. The molecule has 0 saturated heterocycles. The number of aromatic nitrogens is 2. The highest BCUT2D eigenvalue weighted by atomic mass is 32.1. The summed E-state index contributed by atoms with van der Waals surface area (Å²) < 4.78 is 1.26. The van der Waals surface area contributed by atoms with Crippen molar-refractivity contribution in [3.63, 3.8) is 0 Å². The number of nitrogens with zero attached hydrogens (tertiary/aromatic N) is 2. The van der Waals surface area contributed by atoms with Crippen LogP contribution >= 0.6 is 11.3 Å². The third-order valence-corrected chi connectivity index (χ3v) is 5.97. The van der Waals surface area contributed by atoms with Gasteiger partial charge in [-0.25, -0.2) is 4.98 Å². The molecule has 2 amide bonds. The molecule has 4 rings (SSSR count). The Morgan fingerprint density at radius 2 is 1.74 bits per heavy atom. The Labute approximate surface area is 182 Å². The van der Waals surface area contributed by atoms with E-state index in [1.165, 1.54) is 10.9 Å². The first kappa shape index (κ1) is 20.5. The van der Waals surface area contributed by atoms with E-state index in [4.69, 9.17) is 0 Å². The van der Waals surface area contributed by atoms with E-state index in [0.29, 0.717) is 32.0 Å². The van der Waals surface area contributed by atoms with Crippen LogP contribution in [0.5, 0.6) is 0 Å². The van der Waals surface area contributed by atoms with Crippen molar-refractivity contribution in [2.75, 3.05) is 10.6 Å². The van der Waals surface area contributed by atoms with E-state index < -0.39 is 0 Å². The zero-order chi connectivity index (χ0) is 22.0. The van der Waals surface area contributed by atoms with Crippen molar-refractivity contribution < 1.29 is 9.59 Å². The average molecular weight is 433 g/mol. The quantitative estimate of drug-likeness (QED) is 0.499. The van der Waals surface area contributed by atoms with E-state index in [2.05, 4.69) is 15.6 Å². The van der Waals surface area contributed by atoms with Gasteiger partial charge in [-0.2, -0.15) is 0 Å². The first-order valence-corrected chi connectivity index (χ1v) is 10.5. The third kappa shape index (κ3) is 4.39. The van der Waals surface area contributed by atoms with Gasteiger partial charge in [0.2, 0.25) is 5.91 Å². The molecule has 0 fully saturated rings. The summed E-state index contributed by atoms with van der Waals surface area (Å²) in [5, 5.41) is 5.97. The Morgan fingerprint density at radius 3 is 2.48 bits per heavy atom. The second-order valence-corrected chi connectivity index (χ2v) is 8.15. The van der Waals surface area contributed by atoms with Crippen molar-refractivity contribution in [3.05, 3.63) is 87.3 Å². The number of carbonyl (C=O) groups is 2. The molecule has 0 aliphatic heterocycles. The normalized spacial score (nSPS) is 10.8. The van der Waals surface area contributed by atoms with Crippen molar-refractivity contribution in [1.29, 1.82) is 0 Å². The summed E-state index contributed by atoms with van der Waals surface area (Å²) in [7, 11) is 0. The van der Waals surface area contributed by atoms with Gasteiger partial charge in [-0.15, -0.1) is 11.3 Å². The van der Waals surface area contributed by atoms with Crippen LogP contribution in [0.3, 0.4) is 0 Å². The number of para-hydroxylation sites is 1. The molecule has 31 heavy (non-hydrogen) atoms. The molecule has 0 unspecified atom stereocenters. The standard InChI is InChI=1S/C23H20N4O3S/c1-14-7-6-10-17(11-14)25-18(28)12-27-13-24-22-19(23(27)30)15(2)20(31-22)21(29)26-16-8-4-3-5-9-16/h3-11,13H,12H2,1-2H3,(H,25,28)(H,26,29). The minimum atomic E-state index is -0.350. The van der Waals surface area contributed by atoms with E-state index in [0.717, 1.165) is 16.9 Å². The largest absolute Gasteiger partial charge is 0.325 e. The van der Waals surface area contributed by atoms with E-state index in [-0.39, 0.29) is 23.9 Å². The minimum Gasteiger partial charge on any atom is -0.325 e. The van der Waals surface area contributed by atoms with E-state index in [1.54, 1.807) is 25.1 Å². The number of nitrogens with one attached hydrogen (secondary N) is 2. The molecular weight excluding hydrogens is 412 g/mol. The van der Waals surface area contributed by atoms with Crippen molar-refractivity contribution in [1.82, 2.24) is 9.55 Å². The van der Waals surface area contributed by atoms with E-state index in [9.17, 15) is 14.4 Å². The number of hydrogen-bond donors (Lipinski definition) is 2. The molecule has 7 nitrogen and oxygen atoms in total. The summed E-state index contributed by atoms with van der Waals surface area (Å²) >= 11 is 1.16. The van der Waals surface area contributed by atoms with Gasteiger partial charge in [0.15, 0.2) is 0 Å². The molecule has 0 atom stereocenters. The maximum absolute atomic E-state index is 13.0. The maximum atomic E-state index is 13.0. The van der Waals surface area contributed by atoms with Crippen LogP contribution in [0.15, 0.2) is 65.7 Å². The van der Waals surface area contributed by atoms with Crippen molar-refractivity contribution in [2.45, 2.75) is 20.4 Å². The van der Waals surface area contributed by atoms with Gasteiger partial charge in [-0.3, -0.25) is 19.0 Å². The Bertz CT molecular complexity index is 1340. The molecule has 0 radical (unpaired) electrons. The Hall–Kier alpha value is -3.78. The molecule has 2 heterocycles. The lowest BCUT2D eigenvalue weighted by atomic mass is 10.2. The number of amides is 2. The molecule has 2 aromatic carbocycles. The monoisotopic (exact) mass is 432 g/mol. The predicted molar refractivity (Wildman–Crippen MR) is 123 cm³/mol. The lowest BCUT2D eigenvalue weighted by molar-refractivity contribution is -0.116. The fourth-order valence-electron chi connectivity index (χ4n) is 3.28. The fourth-order valence-corrected chi connectivity index (χ4v) is 4.31. The molecule has 0 aliphatic carbocycles. The molecule has 0 bridgehead atoms. The van der Waals surface area contributed by atoms with Gasteiger partial charge in [0.1, 0.15) is 11.4 Å². The summed E-state index contributed by atoms with van der Waals surface area (Å²) in [6.07, 6.45) is 1.34. The summed E-state index contributed by atoms with van der Waals surface area (Å²) in [5.74, 6) is -0.626. The van der Waals surface area contributed by atoms with E-state index in [1.807, 2.05) is 43.3 Å². The summed E-state index contributed by atoms with van der Waals surface area (Å²) in [4.78, 5) is 43.3. The Morgan fingerprint density at radius 1 is 1.00 bits per heavy atom. The molecular formula is C23H20N4O3S. The number of aryl methyl sites for hydroxylation is 2. The highest BCUT2D eigenvalue weighted by Crippen LogP contribution is 2.27. The summed E-state index contributed by atoms with van der Waals surface area (Å²) in [6.45, 7) is 3.48. The first-order valence-electron chi connectivity index (χ1n) is 9.64. The van der Waals surface area contributed by atoms with Crippen LogP contribution in [0.25, 0.3) is 10.2 Å². The topological polar surface area (TPSA) is 93.1 Å². The number of thiophene rings is 1. The van der Waals surface area contributed by atoms with Gasteiger partial charge in [-0.05, 0) is 49.2 Å². The summed E-state index contributed by atoms with van der Waals surface area (Å²) in [5.41, 5.74) is 2.56. The molecule has 0 spiro atoms. The number of hydrogen-bond acceptors (Lipinski definition) is 5. The minimum absolute atomic E-state index is 0.170. The molecule has 8 heteroatoms. The second kappa shape index (κ2) is 8.53. The second-order valence-electron chi connectivity index (χ2n) is 7.15. The predicted octanol–water partition coefficient (Wildman–Crippen LogP) is 3.97. The van der Waals surface area contributed by atoms with Gasteiger partial charge in [0.05, 0.1) is 16.6 Å². The van der Waals surface area contributed by atoms with Crippen LogP contribution in [0.4, 0.5) is 11.4 Å². The number of anilines is 2. The number of fused-ring (bicyclic) bond motifs is 1. The number of benzene rings is 2. The lowest BCUT2D eigenvalue weighted by Gasteiger charge is -2.08. The van der Waals surface area contributed by atoms with Crippen LogP contribution in [0, 0.1) is 13.8 Å². The maximum Gasteiger partial charge on any atom is 0.266 e. The molecule has 0 saturated carbocycles. The van der Waals surface area contributed by atoms with Crippen molar-refractivity contribution >= 4 is 44.7 Å². The zero-order valence-corrected chi connectivity index (χ0v) is 17.8. The smallest absolute Gasteiger partial charge is 0.266 e. The third-order valence-electron chi connectivity index (χ3n) is 4.77. The molecule has 0 aliphatic rings. The van der Waals surface area contributed by atoms with Crippen LogP contribution in [0.1, 0.15) is 20.8 Å². The highest BCUT2D eigenvalue weighted by Gasteiger charge is 2.20. The zero-order valence-electron chi connectivity index (χ0n) is 17.0. The molecule has 4 aromatic rings. The van der Waals surface area contributed by atoms with E-state index >= 15 is 0 Å². The number of carbonyl (C=O) groups excluding carboxylic acids is 2. The van der Waals surface area contributed by atoms with Gasteiger partial charge in [-0.1, -0.05) is 30.3 Å². The van der Waals surface area contributed by atoms with Gasteiger partial charge in [0.25, 0.3) is 11.5 Å². The van der Waals surface area contributed by atoms with Crippen LogP contribution in [-0.4, -0.2) is 21.4 Å². The number of rotatable bonds is 5. The first-order chi connectivity index (χ1) is 14.9. The highest BCUT2D eigenvalue weighted by molar-refractivity contribution is 7.20. The van der Waals surface area contributed by atoms with Gasteiger partial charge in [0, 0.05) is 11.4 Å².